The van der Waals surface area contributed by atoms with Gasteiger partial charge < -0.3 is 44.6 Å². The Hall–Kier alpha value is -4.26. The number of hydrogen-bond donors (Lipinski definition) is 4. The molecule has 2 aromatic carbocycles. The highest BCUT2D eigenvalue weighted by Crippen LogP contribution is 2.41. The molecule has 2 unspecified atom stereocenters. The van der Waals surface area contributed by atoms with E-state index in [9.17, 15) is 22.8 Å². The van der Waals surface area contributed by atoms with Crippen LogP contribution in [0.1, 0.15) is 129 Å². The SMILES string of the molecule is C1CCNCC1.Cn1ncc(Cl)c1-c1cc(C(=O)N[C@@H]2CN(C(=O)OC(C)(C)C)C(CCOS(C)(=O)=O)C[C@H]2c2ccc(Cl)c(Cl)c2)oc1Cl.Cn1ncc(Cl)c1-c1cc(C(=O)N[C@@H]2CNC(CCN3CCCCC3)C[C@H]2c2ccc(Cl)c(Cl)c2)oc1Cl. The maximum atomic E-state index is 13.6. The molecule has 88 heavy (non-hydrogen) atoms. The summed E-state index contributed by atoms with van der Waals surface area (Å²) < 4.78 is 48.3. The Morgan fingerprint density at radius 2 is 1.18 bits per heavy atom. The average Bonchev–Trinajstić information content (AvgIpc) is 1.52. The van der Waals surface area contributed by atoms with E-state index in [1.807, 2.05) is 18.2 Å². The van der Waals surface area contributed by atoms with Crippen molar-refractivity contribution in [1.82, 2.24) is 50.6 Å². The van der Waals surface area contributed by atoms with E-state index in [-0.39, 0.29) is 65.3 Å². The van der Waals surface area contributed by atoms with Crippen LogP contribution < -0.4 is 21.3 Å². The van der Waals surface area contributed by atoms with Crippen molar-refractivity contribution in [2.75, 3.05) is 58.7 Å². The Balaban J connectivity index is 0.000000209. The molecule has 19 nitrogen and oxygen atoms in total. The fourth-order valence-corrected chi connectivity index (χ4v) is 13.5. The molecule has 3 amide bonds. The van der Waals surface area contributed by atoms with E-state index < -0.39 is 39.8 Å². The van der Waals surface area contributed by atoms with E-state index in [2.05, 4.69) is 36.4 Å². The van der Waals surface area contributed by atoms with E-state index in [0.717, 1.165) is 36.8 Å². The van der Waals surface area contributed by atoms with E-state index in [1.54, 1.807) is 63.8 Å². The number of benzene rings is 2. The minimum Gasteiger partial charge on any atom is -0.444 e. The van der Waals surface area contributed by atoms with Crippen LogP contribution in [0.15, 0.2) is 69.8 Å². The van der Waals surface area contributed by atoms with Crippen LogP contribution in [0, 0.1) is 0 Å². The topological polar surface area (TPSA) is 220 Å². The van der Waals surface area contributed by atoms with Crippen molar-refractivity contribution in [3.05, 3.63) is 124 Å². The standard InChI is InChI=1S/C28H32Cl4N4O7S.C27H31Cl4N5O2.C5H11N/c1-28(2,3)43-27(38)36-14-22(34-26(37)23-12-18(25(32)42-23)24-21(31)13-33-35(24)4)17(15-6-7-19(29)20(30)10-15)11-16(36)8-9-41-44(5,39)40;1-35-25(22(30)14-33-35)19-13-24(38-26(19)31)27(37)34-23-15-32-17(7-10-36-8-3-2-4-9-36)12-18(23)16-5-6-20(28)21(29)11-16;1-2-4-6-5-3-1/h6-7,10,12-13,16-17,22H,8-9,11,14H2,1-5H3,(H,34,37);5-6,11,13-14,17-18,23,32H,2-4,7-10,12,15H2,1H3,(H,34,37);6H,1-5H2/t16?,17-,22+;17?,18-,23+;/m00./s1. The van der Waals surface area contributed by atoms with Gasteiger partial charge in [0.2, 0.25) is 10.4 Å². The van der Waals surface area contributed by atoms with Crippen LogP contribution in [0.2, 0.25) is 40.6 Å². The second-order valence-corrected chi connectivity index (χ2v) is 28.2. The molecule has 6 aromatic rings. The molecular weight excluding hydrogens is 1320 g/mol. The minimum atomic E-state index is -3.71. The number of hydrogen-bond acceptors (Lipinski definition) is 14. The maximum absolute atomic E-state index is 13.6. The molecule has 4 N–H and O–H groups in total. The van der Waals surface area contributed by atoms with Gasteiger partial charge in [0.25, 0.3) is 21.9 Å². The molecule has 4 aromatic heterocycles. The van der Waals surface area contributed by atoms with Gasteiger partial charge in [-0.05, 0) is 163 Å². The van der Waals surface area contributed by atoms with Crippen LogP contribution in [0.4, 0.5) is 4.79 Å². The Morgan fingerprint density at radius 1 is 0.670 bits per heavy atom. The molecule has 4 aliphatic heterocycles. The molecule has 480 valence electrons. The van der Waals surface area contributed by atoms with Crippen LogP contribution in [0.25, 0.3) is 22.5 Å². The van der Waals surface area contributed by atoms with Crippen LogP contribution in [0.5, 0.6) is 0 Å². The second kappa shape index (κ2) is 31.4. The van der Waals surface area contributed by atoms with Crippen LogP contribution >= 0.6 is 92.8 Å². The van der Waals surface area contributed by atoms with Crippen molar-refractivity contribution in [2.24, 2.45) is 14.1 Å². The van der Waals surface area contributed by atoms with E-state index in [0.29, 0.717) is 71.7 Å². The van der Waals surface area contributed by atoms with Crippen LogP contribution in [-0.2, 0) is 33.1 Å². The largest absolute Gasteiger partial charge is 0.444 e. The predicted molar refractivity (Wildman–Crippen MR) is 348 cm³/mol. The Bertz CT molecular complexity index is 3440. The molecule has 0 radical (unpaired) electrons. The number of ether oxygens (including phenoxy) is 1. The first kappa shape index (κ1) is 69.6. The lowest BCUT2D eigenvalue weighted by Gasteiger charge is -2.44. The molecule has 0 aliphatic carbocycles. The third kappa shape index (κ3) is 18.9. The lowest BCUT2D eigenvalue weighted by Crippen LogP contribution is -2.58. The fraction of sp³-hybridized carbons (Fsp3) is 0.517. The summed E-state index contributed by atoms with van der Waals surface area (Å²) in [6.45, 7) is 11.6. The summed E-state index contributed by atoms with van der Waals surface area (Å²) in [6.07, 6.45) is 13.8. The van der Waals surface area contributed by atoms with Gasteiger partial charge in [0, 0.05) is 69.3 Å². The number of carbonyl (C=O) groups is 3. The summed E-state index contributed by atoms with van der Waals surface area (Å²) in [5, 5.41) is 23.8. The van der Waals surface area contributed by atoms with Gasteiger partial charge in [-0.15, -0.1) is 0 Å². The normalized spacial score (nSPS) is 21.0. The molecule has 4 aliphatic rings. The summed E-state index contributed by atoms with van der Waals surface area (Å²) in [6, 6.07) is 12.9. The Morgan fingerprint density at radius 3 is 1.64 bits per heavy atom. The van der Waals surface area contributed by atoms with E-state index >= 15 is 0 Å². The maximum Gasteiger partial charge on any atom is 0.410 e. The number of aromatic nitrogens is 4. The number of carbonyl (C=O) groups excluding carboxylic acids is 3. The summed E-state index contributed by atoms with van der Waals surface area (Å²) in [4.78, 5) is 44.4. The van der Waals surface area contributed by atoms with Gasteiger partial charge >= 0.3 is 6.09 Å². The first-order valence-electron chi connectivity index (χ1n) is 29.2. The molecule has 28 heteroatoms. The summed E-state index contributed by atoms with van der Waals surface area (Å²) in [5.41, 5.74) is 2.95. The van der Waals surface area contributed by atoms with Crippen molar-refractivity contribution in [1.29, 1.82) is 0 Å². The van der Waals surface area contributed by atoms with Crippen molar-refractivity contribution < 1.29 is 40.6 Å². The van der Waals surface area contributed by atoms with Gasteiger partial charge in [0.05, 0.1) is 83.9 Å². The van der Waals surface area contributed by atoms with Crippen LogP contribution in [0.3, 0.4) is 0 Å². The highest BCUT2D eigenvalue weighted by atomic mass is 35.5. The number of amides is 3. The zero-order chi connectivity index (χ0) is 63.6. The third-order valence-electron chi connectivity index (χ3n) is 15.8. The smallest absolute Gasteiger partial charge is 0.410 e. The zero-order valence-corrected chi connectivity index (χ0v) is 56.6. The fourth-order valence-electron chi connectivity index (χ4n) is 11.5. The van der Waals surface area contributed by atoms with Gasteiger partial charge in [-0.1, -0.05) is 94.6 Å². The molecule has 0 spiro atoms. The van der Waals surface area contributed by atoms with Gasteiger partial charge in [-0.3, -0.25) is 23.1 Å². The van der Waals surface area contributed by atoms with Gasteiger partial charge in [-0.25, -0.2) is 4.79 Å². The first-order chi connectivity index (χ1) is 41.7. The van der Waals surface area contributed by atoms with Crippen molar-refractivity contribution in [3.63, 3.8) is 0 Å². The first-order valence-corrected chi connectivity index (χ1v) is 34.0. The van der Waals surface area contributed by atoms with Crippen LogP contribution in [-0.4, -0.2) is 144 Å². The summed E-state index contributed by atoms with van der Waals surface area (Å²) >= 11 is 50.4. The molecule has 8 heterocycles. The predicted octanol–water partition coefficient (Wildman–Crippen LogP) is 13.7. The molecular formula is C60H74Cl8N10O9S. The lowest BCUT2D eigenvalue weighted by atomic mass is 9.81. The van der Waals surface area contributed by atoms with Crippen molar-refractivity contribution in [2.45, 2.75) is 127 Å². The van der Waals surface area contributed by atoms with Crippen molar-refractivity contribution >= 4 is 121 Å². The molecule has 4 fully saturated rings. The highest BCUT2D eigenvalue weighted by molar-refractivity contribution is 7.86. The molecule has 4 saturated heterocycles. The summed E-state index contributed by atoms with van der Waals surface area (Å²) in [5.74, 6) is -1.23. The molecule has 6 atom stereocenters. The van der Waals surface area contributed by atoms with Gasteiger partial charge in [-0.2, -0.15) is 18.6 Å². The number of halogens is 8. The Labute approximate surface area is 554 Å². The lowest BCUT2D eigenvalue weighted by molar-refractivity contribution is 0.000602. The highest BCUT2D eigenvalue weighted by Gasteiger charge is 2.42. The number of piperidine rings is 4. The quantitative estimate of drug-likeness (QED) is 0.0703. The Kier molecular flexibility index (Phi) is 24.8. The number of furan rings is 2. The summed E-state index contributed by atoms with van der Waals surface area (Å²) in [7, 11) is -0.278. The minimum absolute atomic E-state index is 0.0178. The number of nitrogens with zero attached hydrogens (tertiary/aromatic N) is 6. The number of rotatable bonds is 15. The number of aryl methyl sites for hydroxylation is 2. The van der Waals surface area contributed by atoms with E-state index in [1.165, 1.54) is 92.7 Å². The average molecular weight is 1400 g/mol. The zero-order valence-electron chi connectivity index (χ0n) is 49.8. The van der Waals surface area contributed by atoms with Gasteiger partial charge in [0.1, 0.15) is 5.60 Å². The van der Waals surface area contributed by atoms with E-state index in [4.69, 9.17) is 111 Å². The number of nitrogens with one attached hydrogen (secondary N) is 4. The number of likely N-dealkylation sites (tertiary alicyclic amines) is 2. The molecule has 10 rings (SSSR count). The molecule has 0 bridgehead atoms. The molecule has 0 saturated carbocycles. The third-order valence-corrected chi connectivity index (χ3v) is 19.0. The van der Waals surface area contributed by atoms with Crippen molar-refractivity contribution in [3.8, 4) is 22.5 Å². The monoisotopic (exact) mass is 1390 g/mol. The van der Waals surface area contributed by atoms with Gasteiger partial charge in [0.15, 0.2) is 11.5 Å². The second-order valence-electron chi connectivity index (χ2n) is 23.4.